The SMILES string of the molecule is COc1cc(N2CCOC3CCC2C3OCc2cccnc2)ncn1.O=C(O)C(F)(F)F.O=C(O)C(F)(F)F. The molecule has 11 nitrogen and oxygen atoms in total. The standard InChI is InChI=1S/C18H22N4O3.2C2HF3O2/c1-23-17-9-16(20-12-21-17)22-7-8-24-15-5-4-14(22)18(15)25-11-13-3-2-6-19-10-13;2*3-2(4,5)1(6)7/h2-3,6,9-10,12,14-15,18H,4-5,7-8,11H2,1H3;2*(H,6,7). The van der Waals surface area contributed by atoms with Gasteiger partial charge in [-0.1, -0.05) is 6.07 Å². The molecule has 2 fully saturated rings. The first-order chi connectivity index (χ1) is 18.2. The minimum absolute atomic E-state index is 0.0173. The van der Waals surface area contributed by atoms with Crippen molar-refractivity contribution >= 4 is 17.8 Å². The fourth-order valence-corrected chi connectivity index (χ4v) is 3.67. The summed E-state index contributed by atoms with van der Waals surface area (Å²) in [5.74, 6) is -4.09. The van der Waals surface area contributed by atoms with Gasteiger partial charge < -0.3 is 29.3 Å². The molecule has 17 heteroatoms. The van der Waals surface area contributed by atoms with E-state index in [1.54, 1.807) is 13.3 Å². The van der Waals surface area contributed by atoms with Gasteiger partial charge in [0.2, 0.25) is 5.88 Å². The van der Waals surface area contributed by atoms with Crippen LogP contribution >= 0.6 is 0 Å². The van der Waals surface area contributed by atoms with Gasteiger partial charge in [0.05, 0.1) is 32.5 Å². The second kappa shape index (κ2) is 13.9. The number of carboxylic acids is 2. The number of hydrogen-bond donors (Lipinski definition) is 2. The number of hydrogen-bond acceptors (Lipinski definition) is 9. The summed E-state index contributed by atoms with van der Waals surface area (Å²) in [7, 11) is 1.61. The lowest BCUT2D eigenvalue weighted by atomic mass is 10.1. The normalized spacial score (nSPS) is 20.5. The molecular formula is C22H24F6N4O7. The van der Waals surface area contributed by atoms with Crippen LogP contribution in [0.1, 0.15) is 18.4 Å². The molecular weight excluding hydrogens is 546 g/mol. The Morgan fingerprint density at radius 1 is 1.10 bits per heavy atom. The summed E-state index contributed by atoms with van der Waals surface area (Å²) < 4.78 is 81.0. The number of halogens is 6. The number of aliphatic carboxylic acids is 2. The van der Waals surface area contributed by atoms with E-state index < -0.39 is 24.3 Å². The third-order valence-electron chi connectivity index (χ3n) is 5.34. The van der Waals surface area contributed by atoms with Crippen molar-refractivity contribution in [3.63, 3.8) is 0 Å². The Kier molecular flexibility index (Phi) is 11.2. The van der Waals surface area contributed by atoms with Crippen molar-refractivity contribution in [2.24, 2.45) is 0 Å². The van der Waals surface area contributed by atoms with E-state index in [2.05, 4.69) is 19.9 Å². The number of nitrogens with zero attached hydrogens (tertiary/aromatic N) is 4. The lowest BCUT2D eigenvalue weighted by Gasteiger charge is -2.32. The van der Waals surface area contributed by atoms with Gasteiger partial charge in [-0.15, -0.1) is 0 Å². The molecule has 0 amide bonds. The number of aromatic nitrogens is 3. The topological polar surface area (TPSA) is 144 Å². The van der Waals surface area contributed by atoms with Crippen LogP contribution in [0.15, 0.2) is 36.9 Å². The van der Waals surface area contributed by atoms with E-state index in [0.717, 1.165) is 30.8 Å². The van der Waals surface area contributed by atoms with Gasteiger partial charge in [-0.2, -0.15) is 26.3 Å². The molecule has 4 rings (SSSR count). The molecule has 1 aliphatic carbocycles. The molecule has 2 aromatic heterocycles. The van der Waals surface area contributed by atoms with Crippen LogP contribution in [0.25, 0.3) is 0 Å². The number of fused-ring (bicyclic) bond motifs is 2. The molecule has 3 unspecified atom stereocenters. The Hall–Kier alpha value is -3.73. The van der Waals surface area contributed by atoms with E-state index in [1.807, 2.05) is 24.4 Å². The van der Waals surface area contributed by atoms with Crippen molar-refractivity contribution in [3.05, 3.63) is 42.5 Å². The van der Waals surface area contributed by atoms with E-state index >= 15 is 0 Å². The number of methoxy groups -OCH3 is 1. The van der Waals surface area contributed by atoms with Crippen LogP contribution in [-0.2, 0) is 25.7 Å². The largest absolute Gasteiger partial charge is 0.490 e. The molecule has 0 radical (unpaired) electrons. The highest BCUT2D eigenvalue weighted by molar-refractivity contribution is 5.73. The van der Waals surface area contributed by atoms with Gasteiger partial charge in [0.1, 0.15) is 18.2 Å². The van der Waals surface area contributed by atoms with Gasteiger partial charge in [0, 0.05) is 25.0 Å². The Labute approximate surface area is 217 Å². The van der Waals surface area contributed by atoms with E-state index in [0.29, 0.717) is 19.1 Å². The van der Waals surface area contributed by atoms with Crippen LogP contribution in [0.4, 0.5) is 32.2 Å². The minimum atomic E-state index is -5.08. The van der Waals surface area contributed by atoms with Crippen LogP contribution in [0, 0.1) is 0 Å². The lowest BCUT2D eigenvalue weighted by Crippen LogP contribution is -2.43. The van der Waals surface area contributed by atoms with Gasteiger partial charge in [-0.3, -0.25) is 4.98 Å². The molecule has 2 bridgehead atoms. The van der Waals surface area contributed by atoms with Crippen molar-refractivity contribution in [1.29, 1.82) is 0 Å². The molecule has 3 atom stereocenters. The summed E-state index contributed by atoms with van der Waals surface area (Å²) in [5, 5.41) is 14.2. The Morgan fingerprint density at radius 3 is 2.28 bits per heavy atom. The predicted octanol–water partition coefficient (Wildman–Crippen LogP) is 3.10. The summed E-state index contributed by atoms with van der Waals surface area (Å²) >= 11 is 0. The summed E-state index contributed by atoms with van der Waals surface area (Å²) in [5.41, 5.74) is 1.07. The number of alkyl halides is 6. The van der Waals surface area contributed by atoms with Crippen LogP contribution in [0.5, 0.6) is 5.88 Å². The first-order valence-corrected chi connectivity index (χ1v) is 11.1. The monoisotopic (exact) mass is 570 g/mol. The number of ether oxygens (including phenoxy) is 3. The molecule has 216 valence electrons. The Bertz CT molecular complexity index is 1050. The van der Waals surface area contributed by atoms with Crippen molar-refractivity contribution in [2.75, 3.05) is 25.2 Å². The van der Waals surface area contributed by atoms with E-state index in [-0.39, 0.29) is 18.2 Å². The molecule has 1 saturated heterocycles. The van der Waals surface area contributed by atoms with Crippen LogP contribution < -0.4 is 9.64 Å². The quantitative estimate of drug-likeness (QED) is 0.512. The number of pyridine rings is 1. The predicted molar refractivity (Wildman–Crippen MR) is 119 cm³/mol. The highest BCUT2D eigenvalue weighted by Crippen LogP contribution is 2.35. The molecule has 2 N–H and O–H groups in total. The molecule has 3 heterocycles. The molecule has 0 aromatic carbocycles. The van der Waals surface area contributed by atoms with Gasteiger partial charge in [0.25, 0.3) is 0 Å². The highest BCUT2D eigenvalue weighted by atomic mass is 19.4. The average Bonchev–Trinajstić information content (AvgIpc) is 3.17. The maximum atomic E-state index is 10.6. The van der Waals surface area contributed by atoms with Crippen molar-refractivity contribution in [1.82, 2.24) is 15.0 Å². The fourth-order valence-electron chi connectivity index (χ4n) is 3.67. The third-order valence-corrected chi connectivity index (χ3v) is 5.34. The highest BCUT2D eigenvalue weighted by Gasteiger charge is 2.44. The molecule has 39 heavy (non-hydrogen) atoms. The number of carbonyl (C=O) groups is 2. The molecule has 0 spiro atoms. The first kappa shape index (κ1) is 31.5. The zero-order valence-electron chi connectivity index (χ0n) is 20.2. The summed E-state index contributed by atoms with van der Waals surface area (Å²) in [6.07, 6.45) is -2.84. The fraction of sp³-hybridized carbons (Fsp3) is 0.500. The molecule has 1 saturated carbocycles. The second-order valence-electron chi connectivity index (χ2n) is 7.91. The summed E-state index contributed by atoms with van der Waals surface area (Å²) in [6, 6.07) is 6.07. The first-order valence-electron chi connectivity index (χ1n) is 11.1. The molecule has 1 aliphatic heterocycles. The van der Waals surface area contributed by atoms with Gasteiger partial charge in [-0.25, -0.2) is 19.6 Å². The second-order valence-corrected chi connectivity index (χ2v) is 7.91. The van der Waals surface area contributed by atoms with Crippen LogP contribution in [0.2, 0.25) is 0 Å². The Balaban J connectivity index is 0.000000317. The van der Waals surface area contributed by atoms with Gasteiger partial charge in [-0.05, 0) is 24.5 Å². The number of carboxylic acid groups (broad SMARTS) is 2. The van der Waals surface area contributed by atoms with Crippen LogP contribution in [-0.4, -0.2) is 88.0 Å². The van der Waals surface area contributed by atoms with E-state index in [1.165, 1.54) is 6.33 Å². The van der Waals surface area contributed by atoms with Crippen molar-refractivity contribution in [2.45, 2.75) is 50.1 Å². The maximum Gasteiger partial charge on any atom is 0.490 e. The summed E-state index contributed by atoms with van der Waals surface area (Å²) in [6.45, 7) is 1.99. The lowest BCUT2D eigenvalue weighted by molar-refractivity contribution is -0.193. The number of rotatable bonds is 5. The zero-order valence-corrected chi connectivity index (χ0v) is 20.2. The van der Waals surface area contributed by atoms with Crippen LogP contribution in [0.3, 0.4) is 0 Å². The Morgan fingerprint density at radius 2 is 1.74 bits per heavy atom. The van der Waals surface area contributed by atoms with Crippen molar-refractivity contribution in [3.8, 4) is 5.88 Å². The van der Waals surface area contributed by atoms with Gasteiger partial charge in [0.15, 0.2) is 0 Å². The summed E-state index contributed by atoms with van der Waals surface area (Å²) in [4.78, 5) is 32.7. The minimum Gasteiger partial charge on any atom is -0.481 e. The van der Waals surface area contributed by atoms with Gasteiger partial charge >= 0.3 is 24.3 Å². The zero-order chi connectivity index (χ0) is 29.2. The van der Waals surface area contributed by atoms with E-state index in [9.17, 15) is 26.3 Å². The smallest absolute Gasteiger partial charge is 0.481 e. The average molecular weight is 570 g/mol. The molecule has 2 aromatic rings. The molecule has 2 aliphatic rings. The van der Waals surface area contributed by atoms with E-state index in [4.69, 9.17) is 34.0 Å². The third kappa shape index (κ3) is 9.82. The maximum absolute atomic E-state index is 10.6. The number of anilines is 1. The van der Waals surface area contributed by atoms with Crippen molar-refractivity contribution < 1.29 is 60.4 Å².